The number of carbonyl (C=O) groups excluding carboxylic acids is 1. The summed E-state index contributed by atoms with van der Waals surface area (Å²) in [5.41, 5.74) is 9.06. The van der Waals surface area contributed by atoms with E-state index >= 15 is 0 Å². The highest BCUT2D eigenvalue weighted by Crippen LogP contribution is 2.48. The van der Waals surface area contributed by atoms with Gasteiger partial charge in [-0.2, -0.15) is 4.41 Å². The number of nitrogens with one attached hydrogen (secondary N) is 2. The Morgan fingerprint density at radius 1 is 1.10 bits per heavy atom. The number of hydrazine groups is 1. The minimum atomic E-state index is -0.533. The summed E-state index contributed by atoms with van der Waals surface area (Å²) in [6.45, 7) is 12.3. The van der Waals surface area contributed by atoms with Crippen LogP contribution < -0.4 is 20.4 Å². The topological polar surface area (TPSA) is 61.8 Å². The van der Waals surface area contributed by atoms with Gasteiger partial charge < -0.3 is 9.30 Å². The van der Waals surface area contributed by atoms with E-state index in [1.54, 1.807) is 9.31 Å². The van der Waals surface area contributed by atoms with E-state index in [0.29, 0.717) is 18.4 Å². The van der Waals surface area contributed by atoms with Crippen LogP contribution in [-0.2, 0) is 6.54 Å². The lowest BCUT2D eigenvalue weighted by atomic mass is 9.81. The normalized spacial score (nSPS) is 23.3. The Bertz CT molecular complexity index is 1440. The molecule has 3 heterocycles. The predicted molar refractivity (Wildman–Crippen MR) is 175 cm³/mol. The molecule has 42 heavy (non-hydrogen) atoms. The van der Waals surface area contributed by atoms with Crippen LogP contribution in [0.2, 0.25) is 0 Å². The number of carbonyl (C=O) groups is 1. The van der Waals surface area contributed by atoms with Crippen molar-refractivity contribution in [1.82, 2.24) is 19.7 Å². The lowest BCUT2D eigenvalue weighted by molar-refractivity contribution is 0.137. The third kappa shape index (κ3) is 5.65. The first-order chi connectivity index (χ1) is 20.1. The van der Waals surface area contributed by atoms with E-state index < -0.39 is 5.66 Å². The number of hydrogen-bond donors (Lipinski definition) is 2. The zero-order chi connectivity index (χ0) is 29.6. The fourth-order valence-electron chi connectivity index (χ4n) is 7.01. The highest BCUT2D eigenvalue weighted by molar-refractivity contribution is 7.97. The van der Waals surface area contributed by atoms with Crippen LogP contribution in [-0.4, -0.2) is 46.1 Å². The molecule has 226 valence electrons. The summed E-state index contributed by atoms with van der Waals surface area (Å²) in [5, 5.41) is 5.15. The maximum atomic E-state index is 14.0. The van der Waals surface area contributed by atoms with Gasteiger partial charge in [-0.15, -0.1) is 0 Å². The Labute approximate surface area is 255 Å². The first kappa shape index (κ1) is 29.4. The van der Waals surface area contributed by atoms with Gasteiger partial charge in [0.1, 0.15) is 5.75 Å². The molecule has 2 aliphatic heterocycles. The molecule has 4 bridgehead atoms. The Morgan fingerprint density at radius 3 is 2.62 bits per heavy atom. The molecule has 2 amide bonds. The van der Waals surface area contributed by atoms with Gasteiger partial charge in [0, 0.05) is 47.9 Å². The Balaban J connectivity index is 1.57. The van der Waals surface area contributed by atoms with Gasteiger partial charge in [0.25, 0.3) is 0 Å². The van der Waals surface area contributed by atoms with Gasteiger partial charge in [0.05, 0.1) is 23.5 Å². The van der Waals surface area contributed by atoms with Crippen molar-refractivity contribution in [3.8, 4) is 17.0 Å². The smallest absolute Gasteiger partial charge is 0.349 e. The summed E-state index contributed by atoms with van der Waals surface area (Å²) < 4.78 is 10.9. The lowest BCUT2D eigenvalue weighted by Gasteiger charge is -2.39. The van der Waals surface area contributed by atoms with Gasteiger partial charge in [-0.05, 0) is 87.2 Å². The number of fused-ring (bicyclic) bond motifs is 4. The molecule has 0 saturated heterocycles. The van der Waals surface area contributed by atoms with E-state index in [1.807, 2.05) is 7.05 Å². The molecule has 3 aromatic rings. The van der Waals surface area contributed by atoms with Crippen LogP contribution in [0.4, 0.5) is 10.5 Å². The monoisotopic (exact) mass is 589 g/mol. The molecule has 0 radical (unpaired) electrons. The lowest BCUT2D eigenvalue weighted by Crippen LogP contribution is -2.63. The number of ether oxygens (including phenoxy) is 1. The van der Waals surface area contributed by atoms with Gasteiger partial charge >= 0.3 is 6.03 Å². The fraction of sp³-hybridized carbons (Fsp3) is 0.559. The third-order valence-electron chi connectivity index (χ3n) is 9.17. The van der Waals surface area contributed by atoms with Gasteiger partial charge in [-0.3, -0.25) is 10.2 Å². The standard InChI is InChI=1S/C34H47N5O2S/c1-22(2)21-42-39-33(40)37(6)26-16-17-27-29(18-26)38-19-25(23(3)35-34(4,5)36-39)20-41-30-15-11-10-14-28(30)32(38)31(27)24-12-8-7-9-13-24/h10-11,14-18,22-25,35-36H,7-9,12-13,19-21H2,1-6H3/t23?,25-/m0/s1. The SMILES string of the molecule is CC(C)CSN1NC(C)(C)NC(C)[C@@H]2COc3ccccc3-c3c(C4CCCCC4)c4ccc(cc4n3C2)N(C)C1=O. The maximum Gasteiger partial charge on any atom is 0.349 e. The largest absolute Gasteiger partial charge is 0.492 e. The van der Waals surface area contributed by atoms with Crippen LogP contribution in [0, 0.1) is 11.8 Å². The molecular formula is C34H47N5O2S. The third-order valence-corrected chi connectivity index (χ3v) is 10.5. The van der Waals surface area contributed by atoms with Gasteiger partial charge in [-0.25, -0.2) is 10.2 Å². The van der Waals surface area contributed by atoms with E-state index in [4.69, 9.17) is 4.74 Å². The number of nitrogens with zero attached hydrogens (tertiary/aromatic N) is 3. The summed E-state index contributed by atoms with van der Waals surface area (Å²) in [4.78, 5) is 15.8. The number of urea groups is 1. The fourth-order valence-corrected chi connectivity index (χ4v) is 7.98. The van der Waals surface area contributed by atoms with Crippen molar-refractivity contribution in [2.45, 2.75) is 90.9 Å². The summed E-state index contributed by atoms with van der Waals surface area (Å²) in [6, 6.07) is 15.3. The molecule has 7 nitrogen and oxygen atoms in total. The zero-order valence-electron chi connectivity index (χ0n) is 26.1. The first-order valence-corrected chi connectivity index (χ1v) is 16.7. The van der Waals surface area contributed by atoms with Gasteiger partial charge in [0.15, 0.2) is 0 Å². The van der Waals surface area contributed by atoms with Crippen molar-refractivity contribution in [2.75, 3.05) is 24.3 Å². The van der Waals surface area contributed by atoms with Gasteiger partial charge in [-0.1, -0.05) is 51.3 Å². The summed E-state index contributed by atoms with van der Waals surface area (Å²) in [5.74, 6) is 2.98. The summed E-state index contributed by atoms with van der Waals surface area (Å²) in [7, 11) is 1.89. The molecule has 8 heteroatoms. The molecule has 1 fully saturated rings. The van der Waals surface area contributed by atoms with Crippen molar-refractivity contribution in [2.24, 2.45) is 11.8 Å². The molecular weight excluding hydrogens is 542 g/mol. The van der Waals surface area contributed by atoms with Crippen LogP contribution in [0.1, 0.15) is 78.2 Å². The number of rotatable bonds is 4. The minimum Gasteiger partial charge on any atom is -0.492 e. The van der Waals surface area contributed by atoms with Crippen LogP contribution in [0.15, 0.2) is 42.5 Å². The highest BCUT2D eigenvalue weighted by atomic mass is 32.2. The number of hydrogen-bond acceptors (Lipinski definition) is 5. The summed E-state index contributed by atoms with van der Waals surface area (Å²) in [6.07, 6.45) is 6.32. The Hall–Kier alpha value is -2.68. The molecule has 2 aromatic carbocycles. The maximum absolute atomic E-state index is 14.0. The predicted octanol–water partition coefficient (Wildman–Crippen LogP) is 7.76. The van der Waals surface area contributed by atoms with Crippen molar-refractivity contribution in [3.63, 3.8) is 0 Å². The molecule has 1 saturated carbocycles. The minimum absolute atomic E-state index is 0.0813. The number of para-hydroxylation sites is 1. The number of aromatic nitrogens is 1. The molecule has 0 spiro atoms. The van der Waals surface area contributed by atoms with Crippen molar-refractivity contribution in [1.29, 1.82) is 0 Å². The van der Waals surface area contributed by atoms with Crippen LogP contribution in [0.3, 0.4) is 0 Å². The second kappa shape index (κ2) is 11.8. The van der Waals surface area contributed by atoms with Crippen LogP contribution in [0.5, 0.6) is 5.75 Å². The van der Waals surface area contributed by atoms with Crippen molar-refractivity contribution < 1.29 is 9.53 Å². The molecule has 1 aromatic heterocycles. The van der Waals surface area contributed by atoms with Gasteiger partial charge in [0.2, 0.25) is 0 Å². The van der Waals surface area contributed by atoms with E-state index in [9.17, 15) is 4.79 Å². The second-order valence-electron chi connectivity index (χ2n) is 13.5. The molecule has 1 unspecified atom stereocenters. The number of anilines is 1. The summed E-state index contributed by atoms with van der Waals surface area (Å²) >= 11 is 1.54. The number of amides is 2. The van der Waals surface area contributed by atoms with Crippen molar-refractivity contribution >= 4 is 34.6 Å². The van der Waals surface area contributed by atoms with E-state index in [1.165, 1.54) is 71.8 Å². The molecule has 3 aliphatic rings. The molecule has 6 rings (SSSR count). The van der Waals surface area contributed by atoms with Crippen LogP contribution in [0.25, 0.3) is 22.2 Å². The zero-order valence-corrected chi connectivity index (χ0v) is 26.9. The number of benzene rings is 2. The average molecular weight is 590 g/mol. The Kier molecular flexibility index (Phi) is 8.24. The quantitative estimate of drug-likeness (QED) is 0.305. The molecule has 2 N–H and O–H groups in total. The van der Waals surface area contributed by atoms with Crippen molar-refractivity contribution in [3.05, 3.63) is 48.0 Å². The second-order valence-corrected chi connectivity index (χ2v) is 14.4. The Morgan fingerprint density at radius 2 is 1.86 bits per heavy atom. The molecule has 2 atom stereocenters. The van der Waals surface area contributed by atoms with E-state index in [0.717, 1.165) is 23.7 Å². The first-order valence-electron chi connectivity index (χ1n) is 15.8. The van der Waals surface area contributed by atoms with E-state index in [-0.39, 0.29) is 18.0 Å². The van der Waals surface area contributed by atoms with E-state index in [2.05, 4.69) is 92.4 Å². The average Bonchev–Trinajstić information content (AvgIpc) is 3.27. The highest BCUT2D eigenvalue weighted by Gasteiger charge is 2.35. The van der Waals surface area contributed by atoms with Crippen LogP contribution >= 0.6 is 11.9 Å². The molecule has 1 aliphatic carbocycles.